The number of benzene rings is 2. The Morgan fingerprint density at radius 1 is 1.09 bits per heavy atom. The predicted molar refractivity (Wildman–Crippen MR) is 133 cm³/mol. The Hall–Kier alpha value is -3.62. The SMILES string of the molecule is CNC(=O)c1cc(COc2ccc3cc(NC(=O)Nc4c(C)cccc4Cl)sc3c2)ccn1. The highest BCUT2D eigenvalue weighted by atomic mass is 35.5. The van der Waals surface area contributed by atoms with Crippen molar-refractivity contribution < 1.29 is 14.3 Å². The van der Waals surface area contributed by atoms with Crippen LogP contribution in [-0.2, 0) is 6.61 Å². The van der Waals surface area contributed by atoms with E-state index in [0.717, 1.165) is 21.2 Å². The minimum Gasteiger partial charge on any atom is -0.489 e. The quantitative estimate of drug-likeness (QED) is 0.323. The number of rotatable bonds is 6. The molecule has 3 amide bonds. The summed E-state index contributed by atoms with van der Waals surface area (Å²) in [5.41, 5.74) is 2.65. The molecule has 4 aromatic rings. The van der Waals surface area contributed by atoms with Crippen LogP contribution in [0, 0.1) is 6.92 Å². The van der Waals surface area contributed by atoms with Crippen molar-refractivity contribution in [2.24, 2.45) is 0 Å². The van der Waals surface area contributed by atoms with Crippen LogP contribution in [-0.4, -0.2) is 24.0 Å². The number of ether oxygens (including phenoxy) is 1. The van der Waals surface area contributed by atoms with Gasteiger partial charge in [-0.15, -0.1) is 11.3 Å². The maximum absolute atomic E-state index is 12.5. The second-order valence-electron chi connectivity index (χ2n) is 7.24. The summed E-state index contributed by atoms with van der Waals surface area (Å²) in [6.07, 6.45) is 1.58. The van der Waals surface area contributed by atoms with Gasteiger partial charge in [-0.3, -0.25) is 15.1 Å². The second-order valence-corrected chi connectivity index (χ2v) is 8.73. The van der Waals surface area contributed by atoms with Crippen molar-refractivity contribution in [1.29, 1.82) is 0 Å². The molecule has 168 valence electrons. The number of aryl methyl sites for hydroxylation is 1. The Morgan fingerprint density at radius 2 is 1.94 bits per heavy atom. The number of para-hydroxylation sites is 1. The molecule has 0 aliphatic heterocycles. The van der Waals surface area contributed by atoms with Crippen LogP contribution in [0.25, 0.3) is 10.1 Å². The van der Waals surface area contributed by atoms with Crippen molar-refractivity contribution in [1.82, 2.24) is 10.3 Å². The lowest BCUT2D eigenvalue weighted by atomic mass is 10.2. The predicted octanol–water partition coefficient (Wildman–Crippen LogP) is 5.84. The number of halogens is 1. The molecule has 0 spiro atoms. The normalized spacial score (nSPS) is 10.6. The van der Waals surface area contributed by atoms with E-state index in [9.17, 15) is 9.59 Å². The summed E-state index contributed by atoms with van der Waals surface area (Å²) in [5.74, 6) is 0.441. The first kappa shape index (κ1) is 22.6. The van der Waals surface area contributed by atoms with Crippen molar-refractivity contribution in [2.45, 2.75) is 13.5 Å². The van der Waals surface area contributed by atoms with Gasteiger partial charge in [0.15, 0.2) is 0 Å². The zero-order valence-electron chi connectivity index (χ0n) is 17.9. The highest BCUT2D eigenvalue weighted by molar-refractivity contribution is 7.23. The fraction of sp³-hybridized carbons (Fsp3) is 0.125. The molecule has 0 saturated heterocycles. The number of pyridine rings is 1. The molecule has 0 saturated carbocycles. The van der Waals surface area contributed by atoms with Gasteiger partial charge < -0.3 is 15.4 Å². The molecule has 0 atom stereocenters. The number of urea groups is 1. The van der Waals surface area contributed by atoms with Crippen LogP contribution in [0.3, 0.4) is 0 Å². The van der Waals surface area contributed by atoms with E-state index >= 15 is 0 Å². The van der Waals surface area contributed by atoms with Crippen LogP contribution < -0.4 is 20.7 Å². The number of amides is 3. The Kier molecular flexibility index (Phi) is 6.76. The Morgan fingerprint density at radius 3 is 2.73 bits per heavy atom. The molecular formula is C24H21ClN4O3S. The fourth-order valence-electron chi connectivity index (χ4n) is 3.19. The van der Waals surface area contributed by atoms with E-state index in [-0.39, 0.29) is 11.9 Å². The number of fused-ring (bicyclic) bond motifs is 1. The minimum absolute atomic E-state index is 0.245. The Balaban J connectivity index is 1.42. The molecule has 9 heteroatoms. The molecule has 4 rings (SSSR count). The smallest absolute Gasteiger partial charge is 0.324 e. The third kappa shape index (κ3) is 5.42. The zero-order chi connectivity index (χ0) is 23.4. The summed E-state index contributed by atoms with van der Waals surface area (Å²) < 4.78 is 6.87. The first-order valence-electron chi connectivity index (χ1n) is 10.1. The summed E-state index contributed by atoms with van der Waals surface area (Å²) in [7, 11) is 1.56. The van der Waals surface area contributed by atoms with Gasteiger partial charge in [0, 0.05) is 17.9 Å². The lowest BCUT2D eigenvalue weighted by Gasteiger charge is -2.10. The van der Waals surface area contributed by atoms with E-state index in [2.05, 4.69) is 20.9 Å². The van der Waals surface area contributed by atoms with Gasteiger partial charge in [-0.05, 0) is 65.9 Å². The molecule has 3 N–H and O–H groups in total. The molecular weight excluding hydrogens is 460 g/mol. The lowest BCUT2D eigenvalue weighted by molar-refractivity contribution is 0.0958. The van der Waals surface area contributed by atoms with E-state index in [0.29, 0.717) is 33.8 Å². The van der Waals surface area contributed by atoms with Crippen LogP contribution in [0.2, 0.25) is 5.02 Å². The first-order chi connectivity index (χ1) is 15.9. The van der Waals surface area contributed by atoms with Gasteiger partial charge in [0.05, 0.1) is 15.7 Å². The average molecular weight is 481 g/mol. The molecule has 2 aromatic heterocycles. The molecule has 0 unspecified atom stereocenters. The van der Waals surface area contributed by atoms with E-state index in [1.165, 1.54) is 11.3 Å². The summed E-state index contributed by atoms with van der Waals surface area (Å²) in [4.78, 5) is 28.3. The Labute approximate surface area is 199 Å². The van der Waals surface area contributed by atoms with Gasteiger partial charge in [0.25, 0.3) is 5.91 Å². The number of hydrogen-bond acceptors (Lipinski definition) is 5. The lowest BCUT2D eigenvalue weighted by Crippen LogP contribution is -2.19. The molecule has 2 aromatic carbocycles. The molecule has 7 nitrogen and oxygen atoms in total. The number of carbonyl (C=O) groups excluding carboxylic acids is 2. The number of thiophene rings is 1. The molecule has 2 heterocycles. The van der Waals surface area contributed by atoms with Gasteiger partial charge >= 0.3 is 6.03 Å². The summed E-state index contributed by atoms with van der Waals surface area (Å²) in [6.45, 7) is 2.18. The number of nitrogens with zero attached hydrogens (tertiary/aromatic N) is 1. The van der Waals surface area contributed by atoms with Crippen LogP contribution in [0.15, 0.2) is 60.8 Å². The molecule has 33 heavy (non-hydrogen) atoms. The topological polar surface area (TPSA) is 92.4 Å². The van der Waals surface area contributed by atoms with Crippen molar-refractivity contribution in [3.63, 3.8) is 0 Å². The molecule has 0 bridgehead atoms. The molecule has 0 aliphatic rings. The van der Waals surface area contributed by atoms with E-state index < -0.39 is 0 Å². The van der Waals surface area contributed by atoms with Crippen LogP contribution in [0.5, 0.6) is 5.75 Å². The van der Waals surface area contributed by atoms with Crippen LogP contribution >= 0.6 is 22.9 Å². The average Bonchev–Trinajstić information content (AvgIpc) is 3.21. The molecule has 0 radical (unpaired) electrons. The first-order valence-corrected chi connectivity index (χ1v) is 11.3. The third-order valence-electron chi connectivity index (χ3n) is 4.88. The number of anilines is 2. The van der Waals surface area contributed by atoms with Gasteiger partial charge in [-0.25, -0.2) is 4.79 Å². The van der Waals surface area contributed by atoms with E-state index in [4.69, 9.17) is 16.3 Å². The monoisotopic (exact) mass is 480 g/mol. The fourth-order valence-corrected chi connectivity index (χ4v) is 4.45. The maximum Gasteiger partial charge on any atom is 0.324 e. The summed E-state index contributed by atoms with van der Waals surface area (Å²) in [6, 6.07) is 16.2. The van der Waals surface area contributed by atoms with Crippen molar-refractivity contribution >= 4 is 55.7 Å². The van der Waals surface area contributed by atoms with Gasteiger partial charge in [0.2, 0.25) is 0 Å². The second kappa shape index (κ2) is 9.89. The van der Waals surface area contributed by atoms with Crippen LogP contribution in [0.4, 0.5) is 15.5 Å². The standard InChI is InChI=1S/C24H21ClN4O3S/c1-14-4-3-5-18(25)22(14)29-24(31)28-21-11-16-6-7-17(12-20(16)33-21)32-13-15-8-9-27-19(10-15)23(30)26-2/h3-12H,13H2,1-2H3,(H,26,30)(H2,28,29,31). The largest absolute Gasteiger partial charge is 0.489 e. The highest BCUT2D eigenvalue weighted by Crippen LogP contribution is 2.33. The van der Waals surface area contributed by atoms with E-state index in [1.807, 2.05) is 43.3 Å². The minimum atomic E-state index is -0.362. The van der Waals surface area contributed by atoms with Crippen molar-refractivity contribution in [2.75, 3.05) is 17.7 Å². The van der Waals surface area contributed by atoms with Crippen molar-refractivity contribution in [3.8, 4) is 5.75 Å². The number of aromatic nitrogens is 1. The third-order valence-corrected chi connectivity index (χ3v) is 6.21. The van der Waals surface area contributed by atoms with Crippen LogP contribution in [0.1, 0.15) is 21.6 Å². The summed E-state index contributed by atoms with van der Waals surface area (Å²) in [5, 5.41) is 10.4. The maximum atomic E-state index is 12.5. The molecule has 0 fully saturated rings. The van der Waals surface area contributed by atoms with Gasteiger partial charge in [-0.2, -0.15) is 0 Å². The van der Waals surface area contributed by atoms with Gasteiger partial charge in [-0.1, -0.05) is 23.7 Å². The summed E-state index contributed by atoms with van der Waals surface area (Å²) >= 11 is 7.63. The highest BCUT2D eigenvalue weighted by Gasteiger charge is 2.11. The number of nitrogens with one attached hydrogen (secondary N) is 3. The van der Waals surface area contributed by atoms with Crippen molar-refractivity contribution in [3.05, 3.63) is 82.6 Å². The zero-order valence-corrected chi connectivity index (χ0v) is 19.5. The molecule has 0 aliphatic carbocycles. The Bertz CT molecular complexity index is 1320. The van der Waals surface area contributed by atoms with Gasteiger partial charge in [0.1, 0.15) is 18.1 Å². The van der Waals surface area contributed by atoms with E-state index in [1.54, 1.807) is 31.4 Å². The number of hydrogen-bond donors (Lipinski definition) is 3. The number of carbonyl (C=O) groups is 2.